The molecule has 1 aromatic heterocycles. The minimum Gasteiger partial charge on any atom is -0.467 e. The number of carbonyl (C=O) groups is 1. The summed E-state index contributed by atoms with van der Waals surface area (Å²) in [6, 6.07) is 1.30. The summed E-state index contributed by atoms with van der Waals surface area (Å²) in [5.74, 6) is 0.732. The van der Waals surface area contributed by atoms with Crippen LogP contribution in [0.25, 0.3) is 0 Å². The van der Waals surface area contributed by atoms with E-state index in [1.165, 1.54) is 0 Å². The molecule has 1 saturated heterocycles. The SMILES string of the molecule is Cc1ccnc2c1[C@H]1CC[C@H](CC1)OCC1[C@@H](NS(=O)(=O)C(C)C)CCN1C(=O)CO2. The number of aromatic nitrogens is 1. The average molecular weight is 452 g/mol. The van der Waals surface area contributed by atoms with Crippen molar-refractivity contribution in [3.05, 3.63) is 23.4 Å². The van der Waals surface area contributed by atoms with E-state index in [9.17, 15) is 13.2 Å². The Balaban J connectivity index is 1.60. The van der Waals surface area contributed by atoms with Crippen molar-refractivity contribution in [2.24, 2.45) is 0 Å². The second-order valence-corrected chi connectivity index (χ2v) is 11.5. The third kappa shape index (κ3) is 4.73. The molecule has 172 valence electrons. The standard InChI is InChI=1S/C22H33N3O5S/c1-14(2)31(27,28)24-18-9-11-25-19(18)12-29-17-6-4-16(5-7-17)21-15(3)8-10-23-22(21)30-13-20(25)26/h8,10,14,16-19,24H,4-7,9,11-13H2,1-3H3/t16-,17+,18-,19?/m0/s1. The molecule has 31 heavy (non-hydrogen) atoms. The van der Waals surface area contributed by atoms with Crippen molar-refractivity contribution in [3.8, 4) is 5.88 Å². The smallest absolute Gasteiger partial charge is 0.260 e. The molecule has 1 aliphatic carbocycles. The maximum absolute atomic E-state index is 13.1. The number of aryl methyl sites for hydroxylation is 1. The Kier molecular flexibility index (Phi) is 6.55. The predicted octanol–water partition coefficient (Wildman–Crippen LogP) is 2.12. The van der Waals surface area contributed by atoms with Crippen molar-refractivity contribution in [3.63, 3.8) is 0 Å². The van der Waals surface area contributed by atoms with Crippen LogP contribution < -0.4 is 9.46 Å². The van der Waals surface area contributed by atoms with Crippen LogP contribution in [0.1, 0.15) is 63.0 Å². The number of carbonyl (C=O) groups excluding carboxylic acids is 1. The number of hydrogen-bond donors (Lipinski definition) is 1. The number of rotatable bonds is 3. The lowest BCUT2D eigenvalue weighted by atomic mass is 9.81. The van der Waals surface area contributed by atoms with Gasteiger partial charge in [-0.3, -0.25) is 4.79 Å². The van der Waals surface area contributed by atoms with Crippen molar-refractivity contribution < 1.29 is 22.7 Å². The first-order valence-corrected chi connectivity index (χ1v) is 12.8. The molecule has 0 aromatic carbocycles. The van der Waals surface area contributed by atoms with Gasteiger partial charge in [-0.05, 0) is 70.4 Å². The van der Waals surface area contributed by atoms with E-state index >= 15 is 0 Å². The summed E-state index contributed by atoms with van der Waals surface area (Å²) < 4.78 is 39.9. The van der Waals surface area contributed by atoms with Crippen molar-refractivity contribution in [2.45, 2.75) is 82.2 Å². The van der Waals surface area contributed by atoms with Crippen LogP contribution in [0.15, 0.2) is 12.3 Å². The van der Waals surface area contributed by atoms with Gasteiger partial charge in [0.25, 0.3) is 5.91 Å². The fourth-order valence-electron chi connectivity index (χ4n) is 4.98. The highest BCUT2D eigenvalue weighted by Crippen LogP contribution is 2.39. The predicted molar refractivity (Wildman–Crippen MR) is 117 cm³/mol. The molecule has 0 radical (unpaired) electrons. The number of pyridine rings is 1. The van der Waals surface area contributed by atoms with Crippen LogP contribution in [-0.4, -0.2) is 67.4 Å². The fraction of sp³-hybridized carbons (Fsp3) is 0.727. The zero-order valence-corrected chi connectivity index (χ0v) is 19.4. The molecular formula is C22H33N3O5S. The van der Waals surface area contributed by atoms with E-state index in [-0.39, 0.29) is 30.7 Å². The molecule has 5 rings (SSSR count). The molecule has 4 aliphatic rings. The molecule has 1 saturated carbocycles. The highest BCUT2D eigenvalue weighted by molar-refractivity contribution is 7.90. The summed E-state index contributed by atoms with van der Waals surface area (Å²) in [5.41, 5.74) is 2.24. The Bertz CT molecular complexity index is 912. The first-order valence-electron chi connectivity index (χ1n) is 11.3. The Morgan fingerprint density at radius 1 is 1.19 bits per heavy atom. The van der Waals surface area contributed by atoms with Gasteiger partial charge in [-0.25, -0.2) is 18.1 Å². The molecule has 8 nitrogen and oxygen atoms in total. The molecule has 1 N–H and O–H groups in total. The normalized spacial score (nSPS) is 29.5. The zero-order chi connectivity index (χ0) is 22.2. The molecule has 1 aromatic rings. The Morgan fingerprint density at radius 3 is 2.65 bits per heavy atom. The van der Waals surface area contributed by atoms with Gasteiger partial charge in [0.05, 0.1) is 24.0 Å². The van der Waals surface area contributed by atoms with Gasteiger partial charge < -0.3 is 14.4 Å². The van der Waals surface area contributed by atoms with Crippen LogP contribution in [0.3, 0.4) is 0 Å². The summed E-state index contributed by atoms with van der Waals surface area (Å²) in [6.45, 7) is 6.06. The molecule has 3 aliphatic heterocycles. The van der Waals surface area contributed by atoms with Crippen molar-refractivity contribution >= 4 is 15.9 Å². The molecule has 2 fully saturated rings. The second kappa shape index (κ2) is 9.03. The van der Waals surface area contributed by atoms with Gasteiger partial charge in [0.15, 0.2) is 6.61 Å². The van der Waals surface area contributed by atoms with E-state index in [2.05, 4.69) is 16.6 Å². The van der Waals surface area contributed by atoms with Crippen LogP contribution in [-0.2, 0) is 19.6 Å². The molecule has 2 atom stereocenters. The lowest BCUT2D eigenvalue weighted by Crippen LogP contribution is -2.51. The molecule has 0 spiro atoms. The quantitative estimate of drug-likeness (QED) is 0.756. The molecular weight excluding hydrogens is 418 g/mol. The fourth-order valence-corrected chi connectivity index (χ4v) is 5.95. The molecule has 9 heteroatoms. The molecule has 4 heterocycles. The third-order valence-corrected chi connectivity index (χ3v) is 8.76. The van der Waals surface area contributed by atoms with Crippen molar-refractivity contribution in [2.75, 3.05) is 19.8 Å². The number of hydrogen-bond acceptors (Lipinski definition) is 6. The number of fused-ring (bicyclic) bond motifs is 5. The maximum atomic E-state index is 13.1. The number of amides is 1. The van der Waals surface area contributed by atoms with Crippen molar-refractivity contribution in [1.82, 2.24) is 14.6 Å². The van der Waals surface area contributed by atoms with Gasteiger partial charge in [-0.15, -0.1) is 0 Å². The summed E-state index contributed by atoms with van der Waals surface area (Å²) in [5, 5.41) is -0.530. The Hall–Kier alpha value is -1.71. The summed E-state index contributed by atoms with van der Waals surface area (Å²) in [6.07, 6.45) is 6.24. The van der Waals surface area contributed by atoms with Crippen LogP contribution >= 0.6 is 0 Å². The number of sulfonamides is 1. The van der Waals surface area contributed by atoms with Crippen LogP contribution in [0, 0.1) is 6.92 Å². The first-order chi connectivity index (χ1) is 14.8. The van der Waals surface area contributed by atoms with Crippen molar-refractivity contribution in [1.29, 1.82) is 0 Å². The Morgan fingerprint density at radius 2 is 1.94 bits per heavy atom. The van der Waals surface area contributed by atoms with Gasteiger partial charge in [-0.2, -0.15) is 0 Å². The van der Waals surface area contributed by atoms with E-state index in [1.54, 1.807) is 24.9 Å². The number of nitrogens with one attached hydrogen (secondary N) is 1. The largest absolute Gasteiger partial charge is 0.467 e. The minimum absolute atomic E-state index is 0.111. The summed E-state index contributed by atoms with van der Waals surface area (Å²) in [4.78, 5) is 19.2. The van der Waals surface area contributed by atoms with Gasteiger partial charge in [-0.1, -0.05) is 0 Å². The monoisotopic (exact) mass is 451 g/mol. The van der Waals surface area contributed by atoms with E-state index in [4.69, 9.17) is 9.47 Å². The van der Waals surface area contributed by atoms with Gasteiger partial charge in [0, 0.05) is 24.3 Å². The van der Waals surface area contributed by atoms with E-state index in [1.807, 2.05) is 6.07 Å². The van der Waals surface area contributed by atoms with E-state index in [0.717, 1.165) is 36.8 Å². The summed E-state index contributed by atoms with van der Waals surface area (Å²) >= 11 is 0. The first kappa shape index (κ1) is 22.5. The number of nitrogens with zero attached hydrogens (tertiary/aromatic N) is 2. The van der Waals surface area contributed by atoms with E-state index in [0.29, 0.717) is 31.4 Å². The third-order valence-electron chi connectivity index (χ3n) is 6.89. The second-order valence-electron chi connectivity index (χ2n) is 9.20. The van der Waals surface area contributed by atoms with E-state index < -0.39 is 15.3 Å². The Labute approximate surface area is 184 Å². The molecule has 1 unspecified atom stereocenters. The van der Waals surface area contributed by atoms with Gasteiger partial charge in [0.2, 0.25) is 15.9 Å². The summed E-state index contributed by atoms with van der Waals surface area (Å²) in [7, 11) is -3.45. The minimum atomic E-state index is -3.45. The average Bonchev–Trinajstić information content (AvgIpc) is 3.12. The number of ether oxygens (including phenoxy) is 2. The van der Waals surface area contributed by atoms with Crippen LogP contribution in [0.4, 0.5) is 0 Å². The van der Waals surface area contributed by atoms with Gasteiger partial charge >= 0.3 is 0 Å². The molecule has 2 bridgehead atoms. The van der Waals surface area contributed by atoms with Crippen LogP contribution in [0.2, 0.25) is 0 Å². The lowest BCUT2D eigenvalue weighted by molar-refractivity contribution is -0.136. The van der Waals surface area contributed by atoms with Gasteiger partial charge in [0.1, 0.15) is 0 Å². The maximum Gasteiger partial charge on any atom is 0.260 e. The highest BCUT2D eigenvalue weighted by atomic mass is 32.2. The lowest BCUT2D eigenvalue weighted by Gasteiger charge is -2.32. The zero-order valence-electron chi connectivity index (χ0n) is 18.5. The topological polar surface area (TPSA) is 97.8 Å². The molecule has 1 amide bonds. The highest BCUT2D eigenvalue weighted by Gasteiger charge is 2.41. The van der Waals surface area contributed by atoms with Crippen LogP contribution in [0.5, 0.6) is 5.88 Å².